The van der Waals surface area contributed by atoms with Gasteiger partial charge in [0.25, 0.3) is 0 Å². The molecule has 1 heterocycles. The van der Waals surface area contributed by atoms with Crippen LogP contribution in [0.3, 0.4) is 0 Å². The van der Waals surface area contributed by atoms with Crippen molar-refractivity contribution in [3.05, 3.63) is 23.9 Å². The van der Waals surface area contributed by atoms with E-state index in [2.05, 4.69) is 30.7 Å². The van der Waals surface area contributed by atoms with Crippen molar-refractivity contribution in [2.24, 2.45) is 5.73 Å². The van der Waals surface area contributed by atoms with Crippen LogP contribution < -0.4 is 10.6 Å². The quantitative estimate of drug-likeness (QED) is 0.443. The standard InChI is InChI=1S/C14H24N4/c1-4-5-6-9-18(11(2)3)13-10-12(14(15)16)7-8-17-13/h7-8,10-11H,4-6,9H2,1-3H3,(H3,15,16). The fourth-order valence-electron chi connectivity index (χ4n) is 1.91. The monoisotopic (exact) mass is 248 g/mol. The summed E-state index contributed by atoms with van der Waals surface area (Å²) in [7, 11) is 0. The molecule has 0 amide bonds. The first-order valence-electron chi connectivity index (χ1n) is 6.63. The van der Waals surface area contributed by atoms with Crippen LogP contribution >= 0.6 is 0 Å². The van der Waals surface area contributed by atoms with E-state index >= 15 is 0 Å². The van der Waals surface area contributed by atoms with Crippen LogP contribution in [0.25, 0.3) is 0 Å². The molecule has 0 aliphatic rings. The Hall–Kier alpha value is -1.58. The normalized spacial score (nSPS) is 10.7. The number of hydrogen-bond donors (Lipinski definition) is 2. The van der Waals surface area contributed by atoms with Crippen LogP contribution in [0.5, 0.6) is 0 Å². The molecule has 0 saturated carbocycles. The number of unbranched alkanes of at least 4 members (excludes halogenated alkanes) is 2. The summed E-state index contributed by atoms with van der Waals surface area (Å²) in [5, 5.41) is 7.48. The van der Waals surface area contributed by atoms with Gasteiger partial charge in [-0.2, -0.15) is 0 Å². The molecule has 0 fully saturated rings. The fraction of sp³-hybridized carbons (Fsp3) is 0.571. The second kappa shape index (κ2) is 6.99. The molecule has 1 rings (SSSR count). The largest absolute Gasteiger partial charge is 0.384 e. The average Bonchev–Trinajstić information content (AvgIpc) is 2.34. The molecule has 0 saturated heterocycles. The van der Waals surface area contributed by atoms with Gasteiger partial charge < -0.3 is 10.6 Å². The summed E-state index contributed by atoms with van der Waals surface area (Å²) in [5.74, 6) is 1.00. The molecule has 0 aromatic carbocycles. The summed E-state index contributed by atoms with van der Waals surface area (Å²) in [6.07, 6.45) is 5.34. The number of rotatable bonds is 7. The predicted octanol–water partition coefficient (Wildman–Crippen LogP) is 2.77. The van der Waals surface area contributed by atoms with Crippen LogP contribution in [0, 0.1) is 5.41 Å². The number of nitrogens with two attached hydrogens (primary N) is 1. The van der Waals surface area contributed by atoms with Gasteiger partial charge in [0.15, 0.2) is 0 Å². The molecule has 100 valence electrons. The van der Waals surface area contributed by atoms with Crippen molar-refractivity contribution in [2.45, 2.75) is 46.1 Å². The van der Waals surface area contributed by atoms with Crippen LogP contribution in [0.15, 0.2) is 18.3 Å². The van der Waals surface area contributed by atoms with Crippen LogP contribution in [0.2, 0.25) is 0 Å². The van der Waals surface area contributed by atoms with E-state index in [0.717, 1.165) is 17.9 Å². The van der Waals surface area contributed by atoms with Crippen molar-refractivity contribution < 1.29 is 0 Å². The topological polar surface area (TPSA) is 66.0 Å². The SMILES string of the molecule is CCCCCN(c1cc(C(=N)N)ccn1)C(C)C. The summed E-state index contributed by atoms with van der Waals surface area (Å²) in [5.41, 5.74) is 6.25. The third kappa shape index (κ3) is 4.02. The number of anilines is 1. The van der Waals surface area contributed by atoms with Gasteiger partial charge in [-0.1, -0.05) is 19.8 Å². The van der Waals surface area contributed by atoms with Crippen molar-refractivity contribution in [2.75, 3.05) is 11.4 Å². The second-order valence-corrected chi connectivity index (χ2v) is 4.81. The van der Waals surface area contributed by atoms with E-state index < -0.39 is 0 Å². The van der Waals surface area contributed by atoms with E-state index in [9.17, 15) is 0 Å². The summed E-state index contributed by atoms with van der Waals surface area (Å²) in [4.78, 5) is 6.66. The molecule has 0 atom stereocenters. The highest BCUT2D eigenvalue weighted by Gasteiger charge is 2.12. The van der Waals surface area contributed by atoms with E-state index in [0.29, 0.717) is 6.04 Å². The number of hydrogen-bond acceptors (Lipinski definition) is 3. The van der Waals surface area contributed by atoms with Gasteiger partial charge in [0.05, 0.1) is 0 Å². The molecule has 0 bridgehead atoms. The Bertz CT molecular complexity index is 387. The van der Waals surface area contributed by atoms with Crippen LogP contribution in [0.1, 0.15) is 45.6 Å². The smallest absolute Gasteiger partial charge is 0.129 e. The predicted molar refractivity (Wildman–Crippen MR) is 77.3 cm³/mol. The van der Waals surface area contributed by atoms with Gasteiger partial charge in [0, 0.05) is 24.3 Å². The minimum absolute atomic E-state index is 0.0934. The molecule has 0 aliphatic carbocycles. The highest BCUT2D eigenvalue weighted by Crippen LogP contribution is 2.16. The molecule has 3 N–H and O–H groups in total. The van der Waals surface area contributed by atoms with E-state index in [1.165, 1.54) is 19.3 Å². The van der Waals surface area contributed by atoms with Crippen molar-refractivity contribution >= 4 is 11.7 Å². The summed E-state index contributed by atoms with van der Waals surface area (Å²) in [6.45, 7) is 7.52. The van der Waals surface area contributed by atoms with Gasteiger partial charge in [0.1, 0.15) is 11.7 Å². The Morgan fingerprint density at radius 1 is 1.44 bits per heavy atom. The molecule has 4 nitrogen and oxygen atoms in total. The van der Waals surface area contributed by atoms with E-state index in [-0.39, 0.29) is 5.84 Å². The molecular weight excluding hydrogens is 224 g/mol. The first kappa shape index (κ1) is 14.5. The van der Waals surface area contributed by atoms with Crippen molar-refractivity contribution in [3.8, 4) is 0 Å². The van der Waals surface area contributed by atoms with Crippen LogP contribution in [-0.4, -0.2) is 23.4 Å². The summed E-state index contributed by atoms with van der Waals surface area (Å²) >= 11 is 0. The Kier molecular flexibility index (Phi) is 5.62. The zero-order chi connectivity index (χ0) is 13.5. The van der Waals surface area contributed by atoms with Gasteiger partial charge in [-0.05, 0) is 32.4 Å². The van der Waals surface area contributed by atoms with Gasteiger partial charge in [-0.25, -0.2) is 4.98 Å². The maximum atomic E-state index is 7.48. The lowest BCUT2D eigenvalue weighted by molar-refractivity contribution is 0.620. The minimum Gasteiger partial charge on any atom is -0.384 e. The zero-order valence-electron chi connectivity index (χ0n) is 11.6. The van der Waals surface area contributed by atoms with Gasteiger partial charge >= 0.3 is 0 Å². The number of pyridine rings is 1. The lowest BCUT2D eigenvalue weighted by Crippen LogP contribution is -2.32. The van der Waals surface area contributed by atoms with E-state index in [1.54, 1.807) is 12.3 Å². The molecule has 1 aromatic rings. The van der Waals surface area contributed by atoms with E-state index in [1.807, 2.05) is 6.07 Å². The van der Waals surface area contributed by atoms with Gasteiger partial charge in [0.2, 0.25) is 0 Å². The summed E-state index contributed by atoms with van der Waals surface area (Å²) in [6, 6.07) is 4.07. The Labute approximate surface area is 110 Å². The molecule has 1 aromatic heterocycles. The first-order chi connectivity index (χ1) is 8.56. The molecule has 0 spiro atoms. The molecule has 0 radical (unpaired) electrons. The Morgan fingerprint density at radius 2 is 2.17 bits per heavy atom. The third-order valence-corrected chi connectivity index (χ3v) is 2.98. The van der Waals surface area contributed by atoms with Crippen LogP contribution in [-0.2, 0) is 0 Å². The lowest BCUT2D eigenvalue weighted by Gasteiger charge is -2.28. The second-order valence-electron chi connectivity index (χ2n) is 4.81. The fourth-order valence-corrected chi connectivity index (χ4v) is 1.91. The van der Waals surface area contributed by atoms with E-state index in [4.69, 9.17) is 11.1 Å². The highest BCUT2D eigenvalue weighted by molar-refractivity contribution is 5.95. The Balaban J connectivity index is 2.84. The molecule has 18 heavy (non-hydrogen) atoms. The molecule has 0 unspecified atom stereocenters. The first-order valence-corrected chi connectivity index (χ1v) is 6.63. The number of nitrogens with zero attached hydrogens (tertiary/aromatic N) is 2. The van der Waals surface area contributed by atoms with Crippen molar-refractivity contribution in [1.29, 1.82) is 5.41 Å². The number of nitrogen functional groups attached to an aromatic ring is 1. The van der Waals surface area contributed by atoms with Gasteiger partial charge in [-0.3, -0.25) is 5.41 Å². The third-order valence-electron chi connectivity index (χ3n) is 2.98. The maximum absolute atomic E-state index is 7.48. The van der Waals surface area contributed by atoms with Gasteiger partial charge in [-0.15, -0.1) is 0 Å². The molecule has 0 aliphatic heterocycles. The lowest BCUT2D eigenvalue weighted by atomic mass is 10.2. The molecule has 4 heteroatoms. The average molecular weight is 248 g/mol. The maximum Gasteiger partial charge on any atom is 0.129 e. The Morgan fingerprint density at radius 3 is 2.72 bits per heavy atom. The highest BCUT2D eigenvalue weighted by atomic mass is 15.2. The minimum atomic E-state index is 0.0934. The van der Waals surface area contributed by atoms with Crippen molar-refractivity contribution in [1.82, 2.24) is 4.98 Å². The number of amidine groups is 1. The number of aromatic nitrogens is 1. The van der Waals surface area contributed by atoms with Crippen molar-refractivity contribution in [3.63, 3.8) is 0 Å². The summed E-state index contributed by atoms with van der Waals surface area (Å²) < 4.78 is 0. The van der Waals surface area contributed by atoms with Crippen LogP contribution in [0.4, 0.5) is 5.82 Å². The zero-order valence-corrected chi connectivity index (χ0v) is 11.6. The molecular formula is C14H24N4. The number of nitrogens with one attached hydrogen (secondary N) is 1.